The molecule has 4 amide bonds. The lowest BCUT2D eigenvalue weighted by Gasteiger charge is -2.27. The predicted octanol–water partition coefficient (Wildman–Crippen LogP) is -0.335. The summed E-state index contributed by atoms with van der Waals surface area (Å²) in [6.07, 6.45) is 3.51. The number of amides is 4. The summed E-state index contributed by atoms with van der Waals surface area (Å²) in [4.78, 5) is 48.4. The number of nitrogens with one attached hydrogen (secondary N) is 1. The van der Waals surface area contributed by atoms with Crippen LogP contribution in [0, 0.1) is 0 Å². The summed E-state index contributed by atoms with van der Waals surface area (Å²) in [5, 5.41) is 2.13. The molecule has 1 fully saturated rings. The summed E-state index contributed by atoms with van der Waals surface area (Å²) in [6.45, 7) is 0. The Hall–Kier alpha value is -2.55. The van der Waals surface area contributed by atoms with Gasteiger partial charge in [0.25, 0.3) is 11.8 Å². The number of hydrogen-bond donors (Lipinski definition) is 2. The van der Waals surface area contributed by atoms with E-state index in [1.54, 1.807) is 18.6 Å². The summed E-state index contributed by atoms with van der Waals surface area (Å²) >= 11 is 0. The van der Waals surface area contributed by atoms with Crippen LogP contribution in [0.5, 0.6) is 0 Å². The Balaban J connectivity index is 0.000000471. The Morgan fingerprint density at radius 1 is 1.17 bits per heavy atom. The molecule has 1 aromatic carbocycles. The Bertz CT molecular complexity index is 757. The molecule has 0 bridgehead atoms. The lowest BCUT2D eigenvalue weighted by molar-refractivity contribution is -0.136. The van der Waals surface area contributed by atoms with Crippen molar-refractivity contribution in [2.45, 2.75) is 18.9 Å². The highest BCUT2D eigenvalue weighted by atomic mass is 32.2. The lowest BCUT2D eigenvalue weighted by atomic mass is 10.0. The summed E-state index contributed by atoms with van der Waals surface area (Å²) in [6, 6.07) is 3.64. The van der Waals surface area contributed by atoms with Crippen molar-refractivity contribution < 1.29 is 23.4 Å². The van der Waals surface area contributed by atoms with E-state index in [-0.39, 0.29) is 29.7 Å². The van der Waals surface area contributed by atoms with E-state index in [1.165, 1.54) is 12.1 Å². The fourth-order valence-corrected chi connectivity index (χ4v) is 2.54. The van der Waals surface area contributed by atoms with Gasteiger partial charge in [-0.3, -0.25) is 33.6 Å². The Kier molecular flexibility index (Phi) is 5.13. The van der Waals surface area contributed by atoms with E-state index in [9.17, 15) is 23.4 Å². The summed E-state index contributed by atoms with van der Waals surface area (Å²) in [7, 11) is -0.611. The van der Waals surface area contributed by atoms with Crippen molar-refractivity contribution in [3.8, 4) is 0 Å². The van der Waals surface area contributed by atoms with Crippen molar-refractivity contribution in [1.29, 1.82) is 0 Å². The van der Waals surface area contributed by atoms with Crippen molar-refractivity contribution in [1.82, 2.24) is 10.2 Å². The SMILES string of the molecule is CS(C)=O.Nc1cccc2c1C(=O)N([C@H]1CCC(=O)NC1=O)C2=O. The van der Waals surface area contributed by atoms with Crippen molar-refractivity contribution in [2.24, 2.45) is 0 Å². The molecule has 24 heavy (non-hydrogen) atoms. The zero-order valence-corrected chi connectivity index (χ0v) is 14.0. The minimum Gasteiger partial charge on any atom is -0.398 e. The first kappa shape index (κ1) is 17.8. The van der Waals surface area contributed by atoms with Gasteiger partial charge in [0.15, 0.2) is 0 Å². The van der Waals surface area contributed by atoms with E-state index in [0.29, 0.717) is 0 Å². The third kappa shape index (κ3) is 3.35. The lowest BCUT2D eigenvalue weighted by Crippen LogP contribution is -2.54. The zero-order valence-electron chi connectivity index (χ0n) is 13.2. The quantitative estimate of drug-likeness (QED) is 0.527. The molecule has 0 aliphatic carbocycles. The topological polar surface area (TPSA) is 127 Å². The van der Waals surface area contributed by atoms with E-state index in [0.717, 1.165) is 4.90 Å². The number of imide groups is 2. The van der Waals surface area contributed by atoms with Gasteiger partial charge in [0.2, 0.25) is 11.8 Å². The largest absolute Gasteiger partial charge is 0.398 e. The van der Waals surface area contributed by atoms with Gasteiger partial charge in [0, 0.05) is 35.4 Å². The first-order valence-electron chi connectivity index (χ1n) is 7.09. The number of nitrogens with two attached hydrogens (primary N) is 1. The summed E-state index contributed by atoms with van der Waals surface area (Å²) in [5.41, 5.74) is 6.24. The molecule has 8 nitrogen and oxygen atoms in total. The minimum atomic E-state index is -0.959. The van der Waals surface area contributed by atoms with Crippen LogP contribution in [0.2, 0.25) is 0 Å². The number of carbonyl (C=O) groups excluding carboxylic acids is 4. The highest BCUT2D eigenvalue weighted by molar-refractivity contribution is 7.83. The number of anilines is 1. The van der Waals surface area contributed by atoms with Crippen LogP contribution in [0.1, 0.15) is 33.6 Å². The van der Waals surface area contributed by atoms with E-state index in [4.69, 9.17) is 5.73 Å². The molecule has 0 aromatic heterocycles. The zero-order chi connectivity index (χ0) is 18.0. The second-order valence-electron chi connectivity index (χ2n) is 5.46. The van der Waals surface area contributed by atoms with Gasteiger partial charge in [-0.25, -0.2) is 0 Å². The van der Waals surface area contributed by atoms with Crippen LogP contribution in [-0.2, 0) is 20.4 Å². The second-order valence-corrected chi connectivity index (χ2v) is 6.94. The molecular formula is C15H17N3O5S. The van der Waals surface area contributed by atoms with Crippen LogP contribution in [0.15, 0.2) is 18.2 Å². The molecule has 3 rings (SSSR count). The fraction of sp³-hybridized carbons (Fsp3) is 0.333. The molecule has 0 radical (unpaired) electrons. The number of nitrogen functional groups attached to an aromatic ring is 1. The maximum absolute atomic E-state index is 12.3. The number of nitrogens with zero attached hydrogens (tertiary/aromatic N) is 1. The molecule has 1 atom stereocenters. The molecule has 0 saturated carbocycles. The second kappa shape index (κ2) is 6.91. The Morgan fingerprint density at radius 3 is 2.33 bits per heavy atom. The fourth-order valence-electron chi connectivity index (χ4n) is 2.54. The van der Waals surface area contributed by atoms with Crippen molar-refractivity contribution >= 4 is 40.1 Å². The maximum Gasteiger partial charge on any atom is 0.264 e. The molecule has 2 aliphatic rings. The van der Waals surface area contributed by atoms with E-state index >= 15 is 0 Å². The summed E-state index contributed by atoms with van der Waals surface area (Å²) in [5.74, 6) is -2.17. The first-order chi connectivity index (χ1) is 11.2. The number of hydrogen-bond acceptors (Lipinski definition) is 6. The molecule has 0 spiro atoms. The van der Waals surface area contributed by atoms with Crippen LogP contribution >= 0.6 is 0 Å². The van der Waals surface area contributed by atoms with Gasteiger partial charge in [-0.1, -0.05) is 6.07 Å². The molecule has 2 heterocycles. The predicted molar refractivity (Wildman–Crippen MR) is 87.5 cm³/mol. The highest BCUT2D eigenvalue weighted by Crippen LogP contribution is 2.30. The van der Waals surface area contributed by atoms with Gasteiger partial charge in [0.05, 0.1) is 11.1 Å². The van der Waals surface area contributed by atoms with Crippen LogP contribution in [-0.4, -0.2) is 51.3 Å². The molecule has 1 saturated heterocycles. The van der Waals surface area contributed by atoms with E-state index in [1.807, 2.05) is 0 Å². The number of rotatable bonds is 1. The maximum atomic E-state index is 12.3. The van der Waals surface area contributed by atoms with Gasteiger partial charge < -0.3 is 5.73 Å². The Morgan fingerprint density at radius 2 is 1.79 bits per heavy atom. The van der Waals surface area contributed by atoms with Crippen molar-refractivity contribution in [2.75, 3.05) is 18.2 Å². The monoisotopic (exact) mass is 351 g/mol. The number of piperidine rings is 1. The van der Waals surface area contributed by atoms with Crippen LogP contribution in [0.4, 0.5) is 5.69 Å². The van der Waals surface area contributed by atoms with Crippen molar-refractivity contribution in [3.05, 3.63) is 29.3 Å². The molecule has 1 aromatic rings. The van der Waals surface area contributed by atoms with Crippen molar-refractivity contribution in [3.63, 3.8) is 0 Å². The van der Waals surface area contributed by atoms with Crippen LogP contribution in [0.3, 0.4) is 0 Å². The molecule has 128 valence electrons. The standard InChI is InChI=1S/C13H11N3O4.C2H6OS/c14-7-3-1-2-6-10(7)13(20)16(12(6)19)8-4-5-9(17)15-11(8)18;1-4(2)3/h1-3,8H,4-5,14H2,(H,15,17,18);1-2H3/t8-;/m0./s1. The normalized spacial score (nSPS) is 19.8. The minimum absolute atomic E-state index is 0.0965. The molecule has 9 heteroatoms. The van der Waals surface area contributed by atoms with Gasteiger partial charge in [-0.15, -0.1) is 0 Å². The van der Waals surface area contributed by atoms with E-state index in [2.05, 4.69) is 5.32 Å². The average Bonchev–Trinajstić information content (AvgIpc) is 2.72. The third-order valence-electron chi connectivity index (χ3n) is 3.50. The van der Waals surface area contributed by atoms with Gasteiger partial charge in [-0.05, 0) is 18.6 Å². The van der Waals surface area contributed by atoms with Gasteiger partial charge >= 0.3 is 0 Å². The van der Waals surface area contributed by atoms with Gasteiger partial charge in [-0.2, -0.15) is 0 Å². The third-order valence-corrected chi connectivity index (χ3v) is 3.50. The molecule has 2 aliphatic heterocycles. The van der Waals surface area contributed by atoms with Gasteiger partial charge in [0.1, 0.15) is 6.04 Å². The molecule has 3 N–H and O–H groups in total. The van der Waals surface area contributed by atoms with Crippen LogP contribution in [0.25, 0.3) is 0 Å². The smallest absolute Gasteiger partial charge is 0.264 e. The molecular weight excluding hydrogens is 334 g/mol. The highest BCUT2D eigenvalue weighted by Gasteiger charge is 2.45. The number of carbonyl (C=O) groups is 4. The van der Waals surface area contributed by atoms with E-state index < -0.39 is 40.5 Å². The first-order valence-corrected chi connectivity index (χ1v) is 9.05. The summed E-state index contributed by atoms with van der Waals surface area (Å²) < 4.78 is 9.56. The average molecular weight is 351 g/mol. The Labute approximate surface area is 140 Å². The number of benzene rings is 1. The van der Waals surface area contributed by atoms with Crippen LogP contribution < -0.4 is 11.1 Å². The molecule has 0 unspecified atom stereocenters. The number of fused-ring (bicyclic) bond motifs is 1.